The van der Waals surface area contributed by atoms with Gasteiger partial charge in [-0.15, -0.1) is 0 Å². The van der Waals surface area contributed by atoms with Gasteiger partial charge in [-0.3, -0.25) is 14.4 Å². The van der Waals surface area contributed by atoms with E-state index in [4.69, 9.17) is 24.7 Å². The third-order valence-corrected chi connectivity index (χ3v) is 9.77. The second-order valence-electron chi connectivity index (χ2n) is 12.8. The van der Waals surface area contributed by atoms with Gasteiger partial charge in [0.15, 0.2) is 12.1 Å². The minimum atomic E-state index is -2.22. The number of aromatic hydroxyl groups is 2. The van der Waals surface area contributed by atoms with Crippen molar-refractivity contribution in [1.29, 1.82) is 0 Å². The molecule has 7 rings (SSSR count). The first-order chi connectivity index (χ1) is 23.4. The van der Waals surface area contributed by atoms with Gasteiger partial charge in [0, 0.05) is 47.4 Å². The van der Waals surface area contributed by atoms with E-state index < -0.39 is 95.7 Å². The number of phenols is 2. The van der Waals surface area contributed by atoms with Crippen molar-refractivity contribution in [3.05, 3.63) is 94.0 Å². The van der Waals surface area contributed by atoms with Gasteiger partial charge in [0.1, 0.15) is 35.2 Å². The average molecular weight is 670 g/mol. The van der Waals surface area contributed by atoms with Crippen LogP contribution in [-0.2, 0) is 20.7 Å². The third kappa shape index (κ3) is 5.32. The monoisotopic (exact) mass is 669 g/mol. The second kappa shape index (κ2) is 12.2. The summed E-state index contributed by atoms with van der Waals surface area (Å²) in [6.45, 7) is 1.05. The molecular formula is C37H35NO11. The second-order valence-corrected chi connectivity index (χ2v) is 12.8. The molecule has 6 N–H and O–H groups in total. The van der Waals surface area contributed by atoms with E-state index in [0.717, 1.165) is 10.8 Å². The molecule has 4 aromatic carbocycles. The van der Waals surface area contributed by atoms with Crippen LogP contribution in [0.1, 0.15) is 68.8 Å². The first kappa shape index (κ1) is 32.7. The fourth-order valence-electron chi connectivity index (χ4n) is 7.20. The number of fused-ring (bicyclic) bond motifs is 4. The number of carbonyl (C=O) groups is 3. The normalized spacial score (nSPS) is 26.1. The van der Waals surface area contributed by atoms with Crippen LogP contribution in [0.25, 0.3) is 10.8 Å². The van der Waals surface area contributed by atoms with E-state index in [9.17, 15) is 34.8 Å². The minimum Gasteiger partial charge on any atom is -0.507 e. The number of phenolic OH excluding ortho intramolecular Hbond substituents is 2. The van der Waals surface area contributed by atoms with Crippen molar-refractivity contribution in [3.8, 4) is 23.0 Å². The Morgan fingerprint density at radius 2 is 1.65 bits per heavy atom. The molecule has 1 saturated heterocycles. The molecule has 1 heterocycles. The van der Waals surface area contributed by atoms with Gasteiger partial charge in [0.05, 0.1) is 42.1 Å². The molecule has 3 aliphatic rings. The van der Waals surface area contributed by atoms with Gasteiger partial charge in [-0.1, -0.05) is 48.5 Å². The summed E-state index contributed by atoms with van der Waals surface area (Å²) in [5.41, 5.74) is 2.66. The molecule has 0 aromatic heterocycles. The number of rotatable bonds is 7. The largest absolute Gasteiger partial charge is 0.507 e. The molecule has 0 spiro atoms. The number of aliphatic hydroxyl groups excluding tert-OH is 1. The Kier molecular flexibility index (Phi) is 8.16. The number of ketones is 3. The lowest BCUT2D eigenvalue weighted by molar-refractivity contribution is -0.247. The molecule has 49 heavy (non-hydrogen) atoms. The summed E-state index contributed by atoms with van der Waals surface area (Å²) >= 11 is 0. The molecule has 4 aromatic rings. The number of methoxy groups -OCH3 is 1. The van der Waals surface area contributed by atoms with Crippen LogP contribution in [0.15, 0.2) is 60.7 Å². The first-order valence-corrected chi connectivity index (χ1v) is 15.9. The summed E-state index contributed by atoms with van der Waals surface area (Å²) in [7, 11) is 1.34. The lowest BCUT2D eigenvalue weighted by Crippen LogP contribution is -2.53. The number of carbonyl (C=O) groups excluding carboxylic acids is 3. The smallest absolute Gasteiger partial charge is 0.202 e. The van der Waals surface area contributed by atoms with Gasteiger partial charge < -0.3 is 45.1 Å². The summed E-state index contributed by atoms with van der Waals surface area (Å²) in [6, 6.07) is 16.5. The van der Waals surface area contributed by atoms with Crippen LogP contribution in [0.2, 0.25) is 0 Å². The number of Topliss-reactive ketones (excluding diaryl/α,β-unsaturated/α-hetero) is 1. The third-order valence-electron chi connectivity index (χ3n) is 9.77. The highest BCUT2D eigenvalue weighted by molar-refractivity contribution is 6.31. The highest BCUT2D eigenvalue weighted by Crippen LogP contribution is 2.52. The fraction of sp³-hybridized carbons (Fsp3) is 0.324. The van der Waals surface area contributed by atoms with Gasteiger partial charge >= 0.3 is 0 Å². The molecule has 0 bridgehead atoms. The summed E-state index contributed by atoms with van der Waals surface area (Å²) in [5.74, 6) is -3.05. The predicted molar refractivity (Wildman–Crippen MR) is 174 cm³/mol. The Balaban J connectivity index is 1.30. The minimum absolute atomic E-state index is 0.0214. The van der Waals surface area contributed by atoms with Crippen LogP contribution in [0, 0.1) is 0 Å². The van der Waals surface area contributed by atoms with Crippen molar-refractivity contribution in [2.24, 2.45) is 5.73 Å². The predicted octanol–water partition coefficient (Wildman–Crippen LogP) is 3.24. The van der Waals surface area contributed by atoms with Crippen molar-refractivity contribution >= 4 is 28.1 Å². The molecule has 0 radical (unpaired) electrons. The van der Waals surface area contributed by atoms with Crippen LogP contribution < -0.4 is 15.2 Å². The van der Waals surface area contributed by atoms with Crippen molar-refractivity contribution in [2.45, 2.75) is 62.4 Å². The molecule has 1 fully saturated rings. The number of benzene rings is 4. The van der Waals surface area contributed by atoms with E-state index >= 15 is 0 Å². The molecule has 0 unspecified atom stereocenters. The molecule has 12 heteroatoms. The van der Waals surface area contributed by atoms with Crippen molar-refractivity contribution in [1.82, 2.24) is 0 Å². The highest BCUT2D eigenvalue weighted by atomic mass is 16.7. The van der Waals surface area contributed by atoms with Crippen LogP contribution >= 0.6 is 0 Å². The van der Waals surface area contributed by atoms with Crippen molar-refractivity contribution in [3.63, 3.8) is 0 Å². The Morgan fingerprint density at radius 3 is 2.41 bits per heavy atom. The Labute approximate surface area is 280 Å². The number of ether oxygens (including phenoxy) is 4. The Bertz CT molecular complexity index is 2010. The molecule has 2 aliphatic carbocycles. The molecule has 1 aliphatic heterocycles. The topological polar surface area (TPSA) is 195 Å². The van der Waals surface area contributed by atoms with Gasteiger partial charge in [-0.2, -0.15) is 0 Å². The zero-order valence-corrected chi connectivity index (χ0v) is 26.7. The maximum atomic E-state index is 13.9. The van der Waals surface area contributed by atoms with Crippen LogP contribution in [0.3, 0.4) is 0 Å². The molecule has 254 valence electrons. The maximum absolute atomic E-state index is 13.9. The van der Waals surface area contributed by atoms with E-state index in [-0.39, 0.29) is 34.4 Å². The van der Waals surface area contributed by atoms with Crippen LogP contribution in [0.5, 0.6) is 23.0 Å². The summed E-state index contributed by atoms with van der Waals surface area (Å²) in [5, 5.41) is 47.5. The lowest BCUT2D eigenvalue weighted by Gasteiger charge is -2.42. The zero-order valence-electron chi connectivity index (χ0n) is 26.7. The quantitative estimate of drug-likeness (QED) is 0.159. The highest BCUT2D eigenvalue weighted by Gasteiger charge is 2.50. The molecule has 6 atom stereocenters. The van der Waals surface area contributed by atoms with Crippen molar-refractivity contribution in [2.75, 3.05) is 13.7 Å². The number of hydrogen-bond acceptors (Lipinski definition) is 12. The van der Waals surface area contributed by atoms with Crippen LogP contribution in [0.4, 0.5) is 0 Å². The Hall–Kier alpha value is -4.85. The zero-order chi connectivity index (χ0) is 34.8. The lowest BCUT2D eigenvalue weighted by atomic mass is 9.72. The van der Waals surface area contributed by atoms with E-state index in [2.05, 4.69) is 0 Å². The number of hydrogen-bond donors (Lipinski definition) is 5. The van der Waals surface area contributed by atoms with Crippen molar-refractivity contribution < 1.29 is 53.8 Å². The first-order valence-electron chi connectivity index (χ1n) is 15.9. The van der Waals surface area contributed by atoms with Gasteiger partial charge in [0.2, 0.25) is 11.6 Å². The molecule has 0 saturated carbocycles. The number of aliphatic hydroxyl groups is 2. The van der Waals surface area contributed by atoms with Gasteiger partial charge in [-0.05, 0) is 24.4 Å². The molecule has 0 amide bonds. The maximum Gasteiger partial charge on any atom is 0.202 e. The number of nitrogens with two attached hydrogens (primary N) is 1. The molecular weight excluding hydrogens is 634 g/mol. The fourth-order valence-corrected chi connectivity index (χ4v) is 7.20. The summed E-state index contributed by atoms with van der Waals surface area (Å²) in [6.07, 6.45) is -5.06. The molecule has 12 nitrogen and oxygen atoms in total. The standard InChI is InChI=1S/C37H35NO11/c1-17-32(40)22(38)13-27(48-17)49-25-15-37(45,26(39)16-47-23-11-5-8-18-7-3-4-9-19(18)23)14-21-29(25)36(44)31-30(34(21)42)33(41)20-10-6-12-24(46-2)28(20)35(31)43/h3-12,17,22,25,27,32,40,42,44-45H,13-16,38H2,1-2H3/t17-,22-,25-,27-,32+,37-/m0/s1. The van der Waals surface area contributed by atoms with E-state index in [1.54, 1.807) is 19.1 Å². The SMILES string of the molecule is COc1cccc2c1C(=O)c1c(O)c3c(c(O)c1C2=O)C[C@@](O)(C(=O)COc1cccc2ccccc12)C[C@@H]3O[C@H]1C[C@H](N)[C@H](O)[C@H](C)O1. The Morgan fingerprint density at radius 1 is 0.959 bits per heavy atom. The summed E-state index contributed by atoms with van der Waals surface area (Å²) in [4.78, 5) is 41.6. The average Bonchev–Trinajstić information content (AvgIpc) is 3.09. The summed E-state index contributed by atoms with van der Waals surface area (Å²) < 4.78 is 23.3. The van der Waals surface area contributed by atoms with E-state index in [0.29, 0.717) is 5.75 Å². The van der Waals surface area contributed by atoms with Gasteiger partial charge in [0.25, 0.3) is 0 Å². The van der Waals surface area contributed by atoms with E-state index in [1.807, 2.05) is 30.3 Å². The van der Waals surface area contributed by atoms with Gasteiger partial charge in [-0.25, -0.2) is 0 Å². The van der Waals surface area contributed by atoms with E-state index in [1.165, 1.54) is 25.3 Å². The van der Waals surface area contributed by atoms with Crippen LogP contribution in [-0.4, -0.2) is 81.6 Å².